The number of carbonyl (C=O) groups is 1. The number of carbonyl (C=O) groups excluding carboxylic acids is 1. The van der Waals surface area contributed by atoms with Crippen molar-refractivity contribution in [2.24, 2.45) is 5.92 Å². The van der Waals surface area contributed by atoms with E-state index in [4.69, 9.17) is 4.74 Å². The summed E-state index contributed by atoms with van der Waals surface area (Å²) in [5, 5.41) is 0. The molecule has 2 aliphatic rings. The lowest BCUT2D eigenvalue weighted by molar-refractivity contribution is -0.140. The molecule has 0 aromatic rings. The van der Waals surface area contributed by atoms with Gasteiger partial charge >= 0.3 is 5.97 Å². The van der Waals surface area contributed by atoms with E-state index < -0.39 is 0 Å². The van der Waals surface area contributed by atoms with E-state index in [1.165, 1.54) is 5.57 Å². The van der Waals surface area contributed by atoms with E-state index in [2.05, 4.69) is 13.0 Å². The summed E-state index contributed by atoms with van der Waals surface area (Å²) in [5.74, 6) is 0.456. The van der Waals surface area contributed by atoms with Crippen molar-refractivity contribution in [2.75, 3.05) is 0 Å². The van der Waals surface area contributed by atoms with E-state index in [-0.39, 0.29) is 12.1 Å². The average molecular weight is 152 g/mol. The summed E-state index contributed by atoms with van der Waals surface area (Å²) in [5.41, 5.74) is 1.36. The van der Waals surface area contributed by atoms with Crippen molar-refractivity contribution in [3.63, 3.8) is 0 Å². The quantitative estimate of drug-likeness (QED) is 0.390. The van der Waals surface area contributed by atoms with Crippen LogP contribution in [0.1, 0.15) is 26.2 Å². The van der Waals surface area contributed by atoms with Gasteiger partial charge in [0.05, 0.1) is 6.42 Å². The molecule has 1 saturated heterocycles. The van der Waals surface area contributed by atoms with Crippen molar-refractivity contribution in [3.8, 4) is 0 Å². The van der Waals surface area contributed by atoms with Gasteiger partial charge in [0.1, 0.15) is 6.10 Å². The molecule has 1 aliphatic heterocycles. The summed E-state index contributed by atoms with van der Waals surface area (Å²) < 4.78 is 5.12. The summed E-state index contributed by atoms with van der Waals surface area (Å²) in [6.07, 6.45) is 5.10. The maximum atomic E-state index is 10.9. The first kappa shape index (κ1) is 6.89. The van der Waals surface area contributed by atoms with Gasteiger partial charge in [0.2, 0.25) is 0 Å². The average Bonchev–Trinajstić information content (AvgIpc) is 2.27. The van der Waals surface area contributed by atoms with E-state index in [0.29, 0.717) is 12.3 Å². The zero-order valence-corrected chi connectivity index (χ0v) is 6.67. The molecule has 2 heteroatoms. The van der Waals surface area contributed by atoms with Crippen LogP contribution in [-0.4, -0.2) is 12.1 Å². The fraction of sp³-hybridized carbons (Fsp3) is 0.667. The molecule has 60 valence electrons. The minimum Gasteiger partial charge on any atom is -0.458 e. The van der Waals surface area contributed by atoms with Crippen LogP contribution in [0.4, 0.5) is 0 Å². The highest BCUT2D eigenvalue weighted by Crippen LogP contribution is 2.33. The standard InChI is InChI=1S/C9H12O2/c1-6-2-3-7-5-9(10)11-8(7)4-6/h4,7-8H,2-3,5H2,1H3/t7-,8?/m0/s1. The van der Waals surface area contributed by atoms with Crippen LogP contribution in [0.3, 0.4) is 0 Å². The van der Waals surface area contributed by atoms with Gasteiger partial charge in [0.25, 0.3) is 0 Å². The summed E-state index contributed by atoms with van der Waals surface area (Å²) in [7, 11) is 0. The molecule has 2 nitrogen and oxygen atoms in total. The minimum atomic E-state index is -0.0223. The Morgan fingerprint density at radius 2 is 2.45 bits per heavy atom. The van der Waals surface area contributed by atoms with Crippen LogP contribution < -0.4 is 0 Å². The normalized spacial score (nSPS) is 36.1. The summed E-state index contributed by atoms with van der Waals surface area (Å²) in [6.45, 7) is 2.10. The first-order valence-electron chi connectivity index (χ1n) is 4.12. The molecule has 11 heavy (non-hydrogen) atoms. The molecule has 0 spiro atoms. The molecule has 0 saturated carbocycles. The van der Waals surface area contributed by atoms with Crippen LogP contribution in [0, 0.1) is 5.92 Å². The Bertz CT molecular complexity index is 218. The molecular weight excluding hydrogens is 140 g/mol. The van der Waals surface area contributed by atoms with Crippen molar-refractivity contribution in [1.29, 1.82) is 0 Å². The Hall–Kier alpha value is -0.790. The molecule has 1 unspecified atom stereocenters. The highest BCUT2D eigenvalue weighted by Gasteiger charge is 2.34. The van der Waals surface area contributed by atoms with Gasteiger partial charge in [-0.15, -0.1) is 0 Å². The predicted octanol–water partition coefficient (Wildman–Crippen LogP) is 1.66. The molecule has 1 aliphatic carbocycles. The zero-order chi connectivity index (χ0) is 7.84. The molecule has 0 radical (unpaired) electrons. The number of hydrogen-bond acceptors (Lipinski definition) is 2. The second-order valence-electron chi connectivity index (χ2n) is 3.47. The second kappa shape index (κ2) is 2.36. The molecule has 0 N–H and O–H groups in total. The van der Waals surface area contributed by atoms with Gasteiger partial charge in [-0.25, -0.2) is 0 Å². The molecule has 1 heterocycles. The zero-order valence-electron chi connectivity index (χ0n) is 6.67. The van der Waals surface area contributed by atoms with Gasteiger partial charge in [-0.2, -0.15) is 0 Å². The van der Waals surface area contributed by atoms with E-state index in [1.807, 2.05) is 0 Å². The number of hydrogen-bond donors (Lipinski definition) is 0. The molecule has 1 fully saturated rings. The van der Waals surface area contributed by atoms with Gasteiger partial charge in [0, 0.05) is 5.92 Å². The van der Waals surface area contributed by atoms with Crippen molar-refractivity contribution in [1.82, 2.24) is 0 Å². The van der Waals surface area contributed by atoms with Crippen LogP contribution in [0.25, 0.3) is 0 Å². The van der Waals surface area contributed by atoms with Crippen molar-refractivity contribution in [3.05, 3.63) is 11.6 Å². The van der Waals surface area contributed by atoms with Gasteiger partial charge in [0.15, 0.2) is 0 Å². The van der Waals surface area contributed by atoms with Gasteiger partial charge in [-0.3, -0.25) is 4.79 Å². The van der Waals surface area contributed by atoms with Crippen LogP contribution in [0.15, 0.2) is 11.6 Å². The molecule has 0 aromatic carbocycles. The van der Waals surface area contributed by atoms with Crippen LogP contribution in [0.5, 0.6) is 0 Å². The Kier molecular flexibility index (Phi) is 1.48. The number of allylic oxidation sites excluding steroid dienone is 1. The van der Waals surface area contributed by atoms with Gasteiger partial charge in [-0.05, 0) is 25.8 Å². The number of esters is 1. The lowest BCUT2D eigenvalue weighted by Gasteiger charge is -2.19. The third-order valence-corrected chi connectivity index (χ3v) is 2.52. The maximum absolute atomic E-state index is 10.9. The highest BCUT2D eigenvalue weighted by molar-refractivity contribution is 5.72. The highest BCUT2D eigenvalue weighted by atomic mass is 16.5. The number of rotatable bonds is 0. The molecule has 0 aromatic heterocycles. The van der Waals surface area contributed by atoms with Gasteiger partial charge in [-0.1, -0.05) is 5.57 Å². The third-order valence-electron chi connectivity index (χ3n) is 2.52. The van der Waals surface area contributed by atoms with E-state index in [0.717, 1.165) is 12.8 Å². The number of fused-ring (bicyclic) bond motifs is 1. The smallest absolute Gasteiger partial charge is 0.306 e. The monoisotopic (exact) mass is 152 g/mol. The Balaban J connectivity index is 2.17. The van der Waals surface area contributed by atoms with Crippen molar-refractivity contribution >= 4 is 5.97 Å². The van der Waals surface area contributed by atoms with Crippen LogP contribution in [0.2, 0.25) is 0 Å². The Morgan fingerprint density at radius 3 is 3.27 bits per heavy atom. The summed E-state index contributed by atoms with van der Waals surface area (Å²) >= 11 is 0. The minimum absolute atomic E-state index is 0.0223. The van der Waals surface area contributed by atoms with Crippen LogP contribution in [-0.2, 0) is 9.53 Å². The fourth-order valence-corrected chi connectivity index (χ4v) is 1.84. The van der Waals surface area contributed by atoms with E-state index >= 15 is 0 Å². The third kappa shape index (κ3) is 1.17. The topological polar surface area (TPSA) is 26.3 Å². The fourth-order valence-electron chi connectivity index (χ4n) is 1.84. The van der Waals surface area contributed by atoms with Gasteiger partial charge < -0.3 is 4.74 Å². The SMILES string of the molecule is CC1=CC2OC(=O)C[C@@H]2CC1. The molecular formula is C9H12O2. The predicted molar refractivity (Wildman–Crippen MR) is 41.0 cm³/mol. The largest absolute Gasteiger partial charge is 0.458 e. The lowest BCUT2D eigenvalue weighted by atomic mass is 9.87. The first-order valence-corrected chi connectivity index (χ1v) is 4.12. The molecule has 2 rings (SSSR count). The van der Waals surface area contributed by atoms with Crippen molar-refractivity contribution in [2.45, 2.75) is 32.3 Å². The second-order valence-corrected chi connectivity index (χ2v) is 3.47. The van der Waals surface area contributed by atoms with Crippen LogP contribution >= 0.6 is 0 Å². The molecule has 2 atom stereocenters. The Labute approximate surface area is 66.2 Å². The van der Waals surface area contributed by atoms with E-state index in [9.17, 15) is 4.79 Å². The lowest BCUT2D eigenvalue weighted by Crippen LogP contribution is -2.17. The molecule has 0 bridgehead atoms. The first-order chi connectivity index (χ1) is 5.25. The number of ether oxygens (including phenoxy) is 1. The van der Waals surface area contributed by atoms with E-state index in [1.54, 1.807) is 0 Å². The Morgan fingerprint density at radius 1 is 1.64 bits per heavy atom. The summed E-state index contributed by atoms with van der Waals surface area (Å²) in [6, 6.07) is 0. The maximum Gasteiger partial charge on any atom is 0.306 e. The molecule has 0 amide bonds. The summed E-state index contributed by atoms with van der Waals surface area (Å²) in [4.78, 5) is 10.9. The van der Waals surface area contributed by atoms with Crippen molar-refractivity contribution < 1.29 is 9.53 Å².